The predicted octanol–water partition coefficient (Wildman–Crippen LogP) is 3.34. The zero-order valence-corrected chi connectivity index (χ0v) is 21.0. The molecule has 1 aliphatic heterocycles. The number of aromatic nitrogens is 3. The molecule has 2 atom stereocenters. The van der Waals surface area contributed by atoms with E-state index in [0.29, 0.717) is 46.5 Å². The maximum Gasteiger partial charge on any atom is 0.315 e. The number of carbonyl (C=O) groups is 1. The summed E-state index contributed by atoms with van der Waals surface area (Å²) in [6.45, 7) is 0. The van der Waals surface area contributed by atoms with Gasteiger partial charge >= 0.3 is 5.69 Å². The summed E-state index contributed by atoms with van der Waals surface area (Å²) in [5.41, 5.74) is 1.67. The van der Waals surface area contributed by atoms with Gasteiger partial charge in [0.05, 0.1) is 33.4 Å². The van der Waals surface area contributed by atoms with Crippen molar-refractivity contribution in [1.29, 1.82) is 0 Å². The maximum absolute atomic E-state index is 13.7. The SMILES string of the molecule is COc1cc(C2C3=C(CC(c4cc(OC)c(OC)c(OC)c4)CC3=O)Nc3ncnn32)cc([N+](=O)[O-])c1O. The number of nitrogens with one attached hydrogen (secondary N) is 1. The monoisotopic (exact) mass is 523 g/mol. The fourth-order valence-electron chi connectivity index (χ4n) is 5.10. The smallest absolute Gasteiger partial charge is 0.315 e. The van der Waals surface area contributed by atoms with Crippen molar-refractivity contribution in [1.82, 2.24) is 14.8 Å². The van der Waals surface area contributed by atoms with E-state index in [1.54, 1.807) is 0 Å². The highest BCUT2D eigenvalue weighted by Gasteiger charge is 2.40. The zero-order chi connectivity index (χ0) is 27.1. The van der Waals surface area contributed by atoms with Gasteiger partial charge in [-0.2, -0.15) is 10.1 Å². The number of phenolic OH excluding ortho intramolecular Hbond substituents is 1. The summed E-state index contributed by atoms with van der Waals surface area (Å²) in [5, 5.41) is 29.4. The largest absolute Gasteiger partial charge is 0.500 e. The summed E-state index contributed by atoms with van der Waals surface area (Å²) in [6.07, 6.45) is 1.94. The Morgan fingerprint density at radius 2 is 1.66 bits per heavy atom. The number of hydrogen-bond donors (Lipinski definition) is 2. The lowest BCUT2D eigenvalue weighted by atomic mass is 9.77. The highest BCUT2D eigenvalue weighted by molar-refractivity contribution is 6.00. The Labute approximate surface area is 216 Å². The number of rotatable bonds is 7. The molecule has 0 radical (unpaired) electrons. The van der Waals surface area contributed by atoms with Crippen molar-refractivity contribution in [3.63, 3.8) is 0 Å². The van der Waals surface area contributed by atoms with Crippen molar-refractivity contribution >= 4 is 17.4 Å². The molecule has 13 heteroatoms. The van der Waals surface area contributed by atoms with Gasteiger partial charge in [-0.05, 0) is 41.7 Å². The molecule has 0 spiro atoms. The molecule has 2 aromatic carbocycles. The standard InChI is InChI=1S/C25H25N5O8/c1-35-18-10-14(6-16(23(18)32)30(33)34)22-21-15(28-25-26-11-27-29(22)25)5-12(7-17(21)31)13-8-19(36-2)24(38-4)20(9-13)37-3/h6,8-12,22,32H,5,7H2,1-4H3,(H,26,27,28). The van der Waals surface area contributed by atoms with Crippen LogP contribution in [-0.2, 0) is 4.79 Å². The van der Waals surface area contributed by atoms with Crippen LogP contribution in [0.2, 0.25) is 0 Å². The number of hydrogen-bond acceptors (Lipinski definition) is 11. The molecule has 0 fully saturated rings. The number of nitro benzene ring substituents is 1. The van der Waals surface area contributed by atoms with Crippen LogP contribution in [0.15, 0.2) is 41.9 Å². The first kappa shape index (κ1) is 24.9. The summed E-state index contributed by atoms with van der Waals surface area (Å²) < 4.78 is 23.1. The lowest BCUT2D eigenvalue weighted by Gasteiger charge is -2.35. The minimum Gasteiger partial charge on any atom is -0.500 e. The fourth-order valence-corrected chi connectivity index (χ4v) is 5.10. The number of ether oxygens (including phenoxy) is 4. The van der Waals surface area contributed by atoms with Crippen LogP contribution in [0, 0.1) is 10.1 Å². The van der Waals surface area contributed by atoms with E-state index in [1.807, 2.05) is 12.1 Å². The van der Waals surface area contributed by atoms with Gasteiger partial charge in [-0.15, -0.1) is 0 Å². The van der Waals surface area contributed by atoms with Gasteiger partial charge in [0.15, 0.2) is 23.0 Å². The van der Waals surface area contributed by atoms with Crippen LogP contribution in [0.1, 0.15) is 35.9 Å². The lowest BCUT2D eigenvalue weighted by Crippen LogP contribution is -2.33. The van der Waals surface area contributed by atoms with E-state index in [2.05, 4.69) is 15.4 Å². The van der Waals surface area contributed by atoms with Crippen LogP contribution in [-0.4, -0.2) is 59.0 Å². The molecule has 1 aromatic heterocycles. The molecule has 0 saturated heterocycles. The average Bonchev–Trinajstić information content (AvgIpc) is 3.39. The predicted molar refractivity (Wildman–Crippen MR) is 133 cm³/mol. The summed E-state index contributed by atoms with van der Waals surface area (Å²) in [5.74, 6) is 0.711. The topological polar surface area (TPSA) is 160 Å². The number of nitro groups is 1. The van der Waals surface area contributed by atoms with Crippen molar-refractivity contribution in [2.45, 2.75) is 24.8 Å². The molecule has 198 valence electrons. The molecule has 13 nitrogen and oxygen atoms in total. The molecule has 0 bridgehead atoms. The van der Waals surface area contributed by atoms with Crippen molar-refractivity contribution < 1.29 is 33.8 Å². The average molecular weight is 524 g/mol. The van der Waals surface area contributed by atoms with Crippen LogP contribution in [0.5, 0.6) is 28.7 Å². The number of phenols is 1. The van der Waals surface area contributed by atoms with Crippen molar-refractivity contribution in [3.8, 4) is 28.7 Å². The first-order valence-electron chi connectivity index (χ1n) is 11.6. The number of nitrogens with zero attached hydrogens (tertiary/aromatic N) is 4. The summed E-state index contributed by atoms with van der Waals surface area (Å²) in [6, 6.07) is 5.52. The number of benzene rings is 2. The Morgan fingerprint density at radius 3 is 2.26 bits per heavy atom. The van der Waals surface area contributed by atoms with Crippen molar-refractivity contribution in [2.24, 2.45) is 0 Å². The second kappa shape index (κ2) is 9.57. The molecule has 2 N–H and O–H groups in total. The fraction of sp³-hybridized carbons (Fsp3) is 0.320. The zero-order valence-electron chi connectivity index (χ0n) is 21.0. The molecule has 0 amide bonds. The number of aromatic hydroxyl groups is 1. The van der Waals surface area contributed by atoms with E-state index >= 15 is 0 Å². The van der Waals surface area contributed by atoms with Crippen LogP contribution in [0.4, 0.5) is 11.6 Å². The van der Waals surface area contributed by atoms with Crippen LogP contribution in [0.25, 0.3) is 0 Å². The molecule has 2 heterocycles. The van der Waals surface area contributed by atoms with Crippen LogP contribution >= 0.6 is 0 Å². The summed E-state index contributed by atoms with van der Waals surface area (Å²) >= 11 is 0. The Bertz CT molecular complexity index is 1460. The van der Waals surface area contributed by atoms with E-state index in [0.717, 1.165) is 5.56 Å². The molecule has 2 unspecified atom stereocenters. The number of ketones is 1. The van der Waals surface area contributed by atoms with Gasteiger partial charge < -0.3 is 29.4 Å². The Morgan fingerprint density at radius 1 is 1.00 bits per heavy atom. The molecular weight excluding hydrogens is 498 g/mol. The molecule has 2 aliphatic rings. The van der Waals surface area contributed by atoms with Gasteiger partial charge in [-0.1, -0.05) is 0 Å². The third-order valence-electron chi connectivity index (χ3n) is 6.83. The summed E-state index contributed by atoms with van der Waals surface area (Å²) in [7, 11) is 5.87. The molecule has 1 aliphatic carbocycles. The number of allylic oxidation sites excluding steroid dienone is 2. The van der Waals surface area contributed by atoms with E-state index in [9.17, 15) is 20.0 Å². The normalized spacial score (nSPS) is 18.3. The molecule has 5 rings (SSSR count). The minimum absolute atomic E-state index is 0.0879. The first-order valence-corrected chi connectivity index (χ1v) is 11.6. The highest BCUT2D eigenvalue weighted by Crippen LogP contribution is 2.48. The number of fused-ring (bicyclic) bond motifs is 1. The molecule has 0 saturated carbocycles. The number of anilines is 1. The minimum atomic E-state index is -0.815. The third kappa shape index (κ3) is 3.92. The van der Waals surface area contributed by atoms with Gasteiger partial charge in [-0.3, -0.25) is 14.9 Å². The number of carbonyl (C=O) groups excluding carboxylic acids is 1. The molecule has 38 heavy (non-hydrogen) atoms. The number of methoxy groups -OCH3 is 4. The van der Waals surface area contributed by atoms with Gasteiger partial charge in [0, 0.05) is 23.8 Å². The molecule has 3 aromatic rings. The Hall–Kier alpha value is -4.81. The highest BCUT2D eigenvalue weighted by atomic mass is 16.6. The third-order valence-corrected chi connectivity index (χ3v) is 6.83. The van der Waals surface area contributed by atoms with Crippen LogP contribution in [0.3, 0.4) is 0 Å². The second-order valence-electron chi connectivity index (χ2n) is 8.78. The van der Waals surface area contributed by atoms with Gasteiger partial charge in [0.1, 0.15) is 12.4 Å². The van der Waals surface area contributed by atoms with Crippen molar-refractivity contribution in [3.05, 3.63) is 63.1 Å². The first-order chi connectivity index (χ1) is 18.3. The van der Waals surface area contributed by atoms with E-state index < -0.39 is 22.4 Å². The van der Waals surface area contributed by atoms with Gasteiger partial charge in [0.2, 0.25) is 17.4 Å². The number of Topliss-reactive ketones (excluding diaryl/α,β-unsaturated/α-hetero) is 1. The molecular formula is C25H25N5O8. The quantitative estimate of drug-likeness (QED) is 0.345. The van der Waals surface area contributed by atoms with E-state index in [1.165, 1.54) is 51.6 Å². The van der Waals surface area contributed by atoms with E-state index in [-0.39, 0.29) is 23.9 Å². The maximum atomic E-state index is 13.7. The Kier molecular flexibility index (Phi) is 6.27. The Balaban J connectivity index is 1.62. The summed E-state index contributed by atoms with van der Waals surface area (Å²) in [4.78, 5) is 29.0. The van der Waals surface area contributed by atoms with Gasteiger partial charge in [0.25, 0.3) is 0 Å². The van der Waals surface area contributed by atoms with E-state index in [4.69, 9.17) is 18.9 Å². The van der Waals surface area contributed by atoms with Crippen LogP contribution < -0.4 is 24.3 Å². The second-order valence-corrected chi connectivity index (χ2v) is 8.78. The lowest BCUT2D eigenvalue weighted by molar-refractivity contribution is -0.386. The van der Waals surface area contributed by atoms with Gasteiger partial charge in [-0.25, -0.2) is 4.68 Å². The van der Waals surface area contributed by atoms with Crippen molar-refractivity contribution in [2.75, 3.05) is 33.8 Å².